The van der Waals surface area contributed by atoms with E-state index < -0.39 is 6.10 Å². The number of carbonyl (C=O) groups excluding carboxylic acids is 1. The predicted molar refractivity (Wildman–Crippen MR) is 68.0 cm³/mol. The molecule has 0 bridgehead atoms. The number of pyridine rings is 1. The molecule has 0 saturated carbocycles. The molecule has 3 N–H and O–H groups in total. The van der Waals surface area contributed by atoms with E-state index in [4.69, 9.17) is 15.8 Å². The fourth-order valence-electron chi connectivity index (χ4n) is 1.93. The van der Waals surface area contributed by atoms with E-state index in [1.54, 1.807) is 11.0 Å². The van der Waals surface area contributed by atoms with Crippen molar-refractivity contribution >= 4 is 11.6 Å². The molecule has 1 unspecified atom stereocenters. The number of aromatic nitrogens is 1. The molecule has 100 valence electrons. The Morgan fingerprint density at radius 2 is 2.53 bits per heavy atom. The maximum Gasteiger partial charge on any atom is 0.257 e. The van der Waals surface area contributed by atoms with Crippen LogP contribution in [0.15, 0.2) is 12.3 Å². The highest BCUT2D eigenvalue weighted by Gasteiger charge is 2.26. The van der Waals surface area contributed by atoms with Gasteiger partial charge in [0.25, 0.3) is 5.91 Å². The lowest BCUT2D eigenvalue weighted by molar-refractivity contribution is 0.00349. The molecule has 7 heteroatoms. The second kappa shape index (κ2) is 5.65. The first-order chi connectivity index (χ1) is 9.15. The van der Waals surface area contributed by atoms with Crippen molar-refractivity contribution in [3.63, 3.8) is 0 Å². The Bertz CT molecular complexity index is 525. The zero-order chi connectivity index (χ0) is 13.8. The Labute approximate surface area is 110 Å². The van der Waals surface area contributed by atoms with Crippen LogP contribution in [0.1, 0.15) is 16.1 Å². The highest BCUT2D eigenvalue weighted by Crippen LogP contribution is 2.18. The van der Waals surface area contributed by atoms with Gasteiger partial charge < -0.3 is 15.1 Å². The third kappa shape index (κ3) is 2.81. The van der Waals surface area contributed by atoms with Crippen molar-refractivity contribution < 1.29 is 9.53 Å². The molecule has 0 aliphatic carbocycles. The van der Waals surface area contributed by atoms with E-state index in [9.17, 15) is 4.79 Å². The number of hydrogen-bond acceptors (Lipinski definition) is 6. The summed E-state index contributed by atoms with van der Waals surface area (Å²) < 4.78 is 5.21. The number of nitriles is 1. The minimum Gasteiger partial charge on any atom is -0.360 e. The summed E-state index contributed by atoms with van der Waals surface area (Å²) in [5.74, 6) is 5.21. The molecule has 1 aliphatic heterocycles. The van der Waals surface area contributed by atoms with E-state index in [1.165, 1.54) is 6.20 Å². The molecule has 1 atom stereocenters. The zero-order valence-corrected chi connectivity index (χ0v) is 10.6. The van der Waals surface area contributed by atoms with Crippen LogP contribution in [0.25, 0.3) is 0 Å². The zero-order valence-electron chi connectivity index (χ0n) is 10.6. The standard InChI is InChI=1S/C12H15N5O2/c1-8-4-11(16-14)10(6-15-8)12(18)17-2-3-19-9(5-13)7-17/h4,6,9H,2-3,7,14H2,1H3,(H,15,16). The van der Waals surface area contributed by atoms with Crippen molar-refractivity contribution in [2.45, 2.75) is 13.0 Å². The second-order valence-corrected chi connectivity index (χ2v) is 4.26. The number of anilines is 1. The lowest BCUT2D eigenvalue weighted by atomic mass is 10.1. The fourth-order valence-corrected chi connectivity index (χ4v) is 1.93. The number of ether oxygens (including phenoxy) is 1. The van der Waals surface area contributed by atoms with Crippen molar-refractivity contribution in [2.24, 2.45) is 5.84 Å². The predicted octanol–water partition coefficient (Wildman–Crippen LogP) is 0.0402. The number of aryl methyl sites for hydroxylation is 1. The Kier molecular flexibility index (Phi) is 3.94. The fraction of sp³-hybridized carbons (Fsp3) is 0.417. The Morgan fingerprint density at radius 3 is 3.21 bits per heavy atom. The molecule has 0 radical (unpaired) electrons. The third-order valence-electron chi connectivity index (χ3n) is 2.92. The number of hydrogen-bond donors (Lipinski definition) is 2. The van der Waals surface area contributed by atoms with Gasteiger partial charge in [0.1, 0.15) is 0 Å². The van der Waals surface area contributed by atoms with Crippen LogP contribution >= 0.6 is 0 Å². The first kappa shape index (κ1) is 13.3. The van der Waals surface area contributed by atoms with Crippen LogP contribution in [0, 0.1) is 18.3 Å². The van der Waals surface area contributed by atoms with Gasteiger partial charge in [-0.05, 0) is 13.0 Å². The minimum absolute atomic E-state index is 0.205. The summed E-state index contributed by atoms with van der Waals surface area (Å²) in [5, 5.41) is 8.84. The highest BCUT2D eigenvalue weighted by atomic mass is 16.5. The van der Waals surface area contributed by atoms with Crippen molar-refractivity contribution in [1.29, 1.82) is 5.26 Å². The van der Waals surface area contributed by atoms with Crippen LogP contribution in [-0.4, -0.2) is 41.6 Å². The molecule has 1 aliphatic rings. The van der Waals surface area contributed by atoms with Crippen LogP contribution < -0.4 is 11.3 Å². The van der Waals surface area contributed by atoms with Crippen molar-refractivity contribution in [2.75, 3.05) is 25.1 Å². The lowest BCUT2D eigenvalue weighted by Crippen LogP contribution is -2.45. The summed E-state index contributed by atoms with van der Waals surface area (Å²) in [5.41, 5.74) is 4.18. The molecular weight excluding hydrogens is 246 g/mol. The maximum atomic E-state index is 12.4. The molecule has 1 fully saturated rings. The van der Waals surface area contributed by atoms with Gasteiger partial charge in [0, 0.05) is 18.4 Å². The lowest BCUT2D eigenvalue weighted by Gasteiger charge is -2.30. The number of morpholine rings is 1. The van der Waals surface area contributed by atoms with Crippen LogP contribution in [0.5, 0.6) is 0 Å². The van der Waals surface area contributed by atoms with Gasteiger partial charge in [0.2, 0.25) is 0 Å². The van der Waals surface area contributed by atoms with Gasteiger partial charge in [-0.3, -0.25) is 15.6 Å². The molecule has 1 aromatic heterocycles. The molecule has 1 aromatic rings. The van der Waals surface area contributed by atoms with E-state index >= 15 is 0 Å². The number of nitrogens with two attached hydrogens (primary N) is 1. The first-order valence-corrected chi connectivity index (χ1v) is 5.89. The van der Waals surface area contributed by atoms with Gasteiger partial charge in [-0.1, -0.05) is 0 Å². The van der Waals surface area contributed by atoms with Crippen molar-refractivity contribution in [3.8, 4) is 6.07 Å². The van der Waals surface area contributed by atoms with Crippen molar-refractivity contribution in [1.82, 2.24) is 9.88 Å². The minimum atomic E-state index is -0.578. The van der Waals surface area contributed by atoms with Gasteiger partial charge >= 0.3 is 0 Å². The van der Waals surface area contributed by atoms with E-state index in [-0.39, 0.29) is 12.5 Å². The highest BCUT2D eigenvalue weighted by molar-refractivity contribution is 5.99. The summed E-state index contributed by atoms with van der Waals surface area (Å²) in [7, 11) is 0. The average Bonchev–Trinajstić information content (AvgIpc) is 2.46. The van der Waals surface area contributed by atoms with Gasteiger partial charge in [0.15, 0.2) is 6.10 Å². The quantitative estimate of drug-likeness (QED) is 0.575. The van der Waals surface area contributed by atoms with E-state index in [1.807, 2.05) is 13.0 Å². The topological polar surface area (TPSA) is 104 Å². The molecule has 0 aromatic carbocycles. The largest absolute Gasteiger partial charge is 0.360 e. The Hall–Kier alpha value is -2.17. The van der Waals surface area contributed by atoms with Gasteiger partial charge in [-0.25, -0.2) is 0 Å². The van der Waals surface area contributed by atoms with Crippen LogP contribution in [0.4, 0.5) is 5.69 Å². The van der Waals surface area contributed by atoms with Gasteiger partial charge in [-0.2, -0.15) is 5.26 Å². The normalized spacial score (nSPS) is 18.8. The number of hydrazine groups is 1. The summed E-state index contributed by atoms with van der Waals surface area (Å²) in [6.45, 7) is 2.88. The van der Waals surface area contributed by atoms with E-state index in [0.717, 1.165) is 5.69 Å². The molecule has 19 heavy (non-hydrogen) atoms. The molecule has 7 nitrogen and oxygen atoms in total. The molecule has 0 spiro atoms. The van der Waals surface area contributed by atoms with Crippen LogP contribution in [0.2, 0.25) is 0 Å². The van der Waals surface area contributed by atoms with E-state index in [0.29, 0.717) is 24.4 Å². The Balaban J connectivity index is 2.22. The second-order valence-electron chi connectivity index (χ2n) is 4.26. The number of nitrogens with one attached hydrogen (secondary N) is 1. The third-order valence-corrected chi connectivity index (χ3v) is 2.92. The maximum absolute atomic E-state index is 12.4. The summed E-state index contributed by atoms with van der Waals surface area (Å²) >= 11 is 0. The van der Waals surface area contributed by atoms with Crippen LogP contribution in [-0.2, 0) is 4.74 Å². The molecule has 2 heterocycles. The smallest absolute Gasteiger partial charge is 0.257 e. The monoisotopic (exact) mass is 261 g/mol. The number of amides is 1. The van der Waals surface area contributed by atoms with Gasteiger partial charge in [0.05, 0.1) is 30.5 Å². The van der Waals surface area contributed by atoms with Gasteiger partial charge in [-0.15, -0.1) is 0 Å². The number of carbonyl (C=O) groups is 1. The molecule has 1 amide bonds. The van der Waals surface area contributed by atoms with E-state index in [2.05, 4.69) is 10.4 Å². The summed E-state index contributed by atoms with van der Waals surface area (Å²) in [6.07, 6.45) is 0.911. The molecule has 2 rings (SSSR count). The number of nitrogen functional groups attached to an aromatic ring is 1. The van der Waals surface area contributed by atoms with Crippen molar-refractivity contribution in [3.05, 3.63) is 23.5 Å². The SMILES string of the molecule is Cc1cc(NN)c(C(=O)N2CCOC(C#N)C2)cn1. The Morgan fingerprint density at radius 1 is 1.74 bits per heavy atom. The average molecular weight is 261 g/mol. The molecule has 1 saturated heterocycles. The number of rotatable bonds is 2. The van der Waals surface area contributed by atoms with Crippen LogP contribution in [0.3, 0.4) is 0 Å². The molecular formula is C12H15N5O2. The number of nitrogens with zero attached hydrogens (tertiary/aromatic N) is 3. The summed E-state index contributed by atoms with van der Waals surface area (Å²) in [6, 6.07) is 3.71. The summed E-state index contributed by atoms with van der Waals surface area (Å²) in [4.78, 5) is 18.1. The first-order valence-electron chi connectivity index (χ1n) is 5.89.